The number of rotatable bonds is 4. The number of ether oxygens (including phenoxy) is 2. The van der Waals surface area contributed by atoms with E-state index >= 15 is 0 Å². The average molecular weight is 304 g/mol. The Morgan fingerprint density at radius 3 is 2.64 bits per heavy atom. The zero-order valence-corrected chi connectivity index (χ0v) is 14.0. The molecule has 3 fully saturated rings. The Morgan fingerprint density at radius 1 is 1.23 bits per heavy atom. The highest BCUT2D eigenvalue weighted by atomic mass is 16.7. The minimum atomic E-state index is -0.0528. The molecule has 3 saturated carbocycles. The fraction of sp³-hybridized carbons (Fsp3) is 0.842. The van der Waals surface area contributed by atoms with Gasteiger partial charge in [0.2, 0.25) is 0 Å². The van der Waals surface area contributed by atoms with Gasteiger partial charge in [-0.3, -0.25) is 4.79 Å². The Hall–Kier alpha value is -0.830. The van der Waals surface area contributed by atoms with E-state index in [-0.39, 0.29) is 35.6 Å². The number of allylic oxidation sites excluding steroid dienone is 2. The van der Waals surface area contributed by atoms with Crippen molar-refractivity contribution in [3.8, 4) is 0 Å². The van der Waals surface area contributed by atoms with Crippen LogP contribution in [-0.2, 0) is 14.3 Å². The third-order valence-electron chi connectivity index (χ3n) is 7.16. The highest BCUT2D eigenvalue weighted by Crippen LogP contribution is 2.63. The zero-order chi connectivity index (χ0) is 15.5. The second-order valence-electron chi connectivity index (χ2n) is 8.93. The van der Waals surface area contributed by atoms with Crippen LogP contribution in [0.25, 0.3) is 0 Å². The molecule has 0 aromatic rings. The monoisotopic (exact) mass is 304 g/mol. The summed E-state index contributed by atoms with van der Waals surface area (Å²) in [7, 11) is 0. The average Bonchev–Trinajstić information content (AvgIpc) is 3.19. The largest absolute Gasteiger partial charge is 0.438 e. The summed E-state index contributed by atoms with van der Waals surface area (Å²) in [6.45, 7) is 7.10. The summed E-state index contributed by atoms with van der Waals surface area (Å²) in [4.78, 5) is 12.3. The van der Waals surface area contributed by atoms with E-state index in [1.54, 1.807) is 0 Å². The van der Waals surface area contributed by atoms with Crippen molar-refractivity contribution in [2.45, 2.75) is 59.0 Å². The van der Waals surface area contributed by atoms with E-state index in [1.807, 2.05) is 0 Å². The molecule has 22 heavy (non-hydrogen) atoms. The van der Waals surface area contributed by atoms with Gasteiger partial charge in [-0.05, 0) is 60.7 Å². The Labute approximate surface area is 133 Å². The second kappa shape index (κ2) is 4.83. The fourth-order valence-corrected chi connectivity index (χ4v) is 5.99. The van der Waals surface area contributed by atoms with E-state index in [4.69, 9.17) is 9.47 Å². The van der Waals surface area contributed by atoms with Crippen LogP contribution >= 0.6 is 0 Å². The fourth-order valence-electron chi connectivity index (χ4n) is 5.99. The predicted octanol–water partition coefficient (Wildman–Crippen LogP) is 3.93. The molecule has 0 amide bonds. The number of esters is 1. The van der Waals surface area contributed by atoms with Crippen molar-refractivity contribution in [3.63, 3.8) is 0 Å². The van der Waals surface area contributed by atoms with Crippen LogP contribution in [-0.4, -0.2) is 18.9 Å². The molecule has 0 radical (unpaired) electrons. The van der Waals surface area contributed by atoms with Crippen LogP contribution in [0.15, 0.2) is 12.2 Å². The number of carbonyl (C=O) groups excluding carboxylic acids is 1. The molecule has 0 heterocycles. The molecule has 122 valence electrons. The maximum absolute atomic E-state index is 12.3. The highest BCUT2D eigenvalue weighted by molar-refractivity contribution is 5.74. The molecule has 3 nitrogen and oxygen atoms in total. The molecule has 6 unspecified atom stereocenters. The van der Waals surface area contributed by atoms with E-state index in [1.165, 1.54) is 19.3 Å². The van der Waals surface area contributed by atoms with Gasteiger partial charge in [0, 0.05) is 0 Å². The smallest absolute Gasteiger partial charge is 0.311 e. The Morgan fingerprint density at radius 2 is 2.05 bits per heavy atom. The lowest BCUT2D eigenvalue weighted by molar-refractivity contribution is -0.183. The number of hydrogen-bond donors (Lipinski definition) is 0. The van der Waals surface area contributed by atoms with Crippen molar-refractivity contribution in [1.29, 1.82) is 0 Å². The van der Waals surface area contributed by atoms with Crippen molar-refractivity contribution in [1.82, 2.24) is 0 Å². The van der Waals surface area contributed by atoms with Gasteiger partial charge in [0.05, 0.1) is 12.0 Å². The topological polar surface area (TPSA) is 35.5 Å². The molecule has 4 bridgehead atoms. The first kappa shape index (κ1) is 14.7. The SMILES string of the molecule is CC12CCC(C1)C(C)(C)C2OCOC(=O)C1CC2C=CC1C2. The normalized spacial score (nSPS) is 47.3. The molecule has 3 heteroatoms. The van der Waals surface area contributed by atoms with Crippen LogP contribution in [0.4, 0.5) is 0 Å². The molecular formula is C19H28O3. The zero-order valence-electron chi connectivity index (χ0n) is 14.0. The van der Waals surface area contributed by atoms with Gasteiger partial charge in [0.25, 0.3) is 0 Å². The van der Waals surface area contributed by atoms with Crippen molar-refractivity contribution in [3.05, 3.63) is 12.2 Å². The summed E-state index contributed by atoms with van der Waals surface area (Å²) in [5.74, 6) is 1.79. The van der Waals surface area contributed by atoms with Crippen molar-refractivity contribution in [2.24, 2.45) is 34.5 Å². The maximum atomic E-state index is 12.3. The van der Waals surface area contributed by atoms with Crippen LogP contribution in [0.3, 0.4) is 0 Å². The first-order valence-electron chi connectivity index (χ1n) is 8.87. The molecule has 4 rings (SSSR count). The van der Waals surface area contributed by atoms with E-state index in [9.17, 15) is 4.79 Å². The van der Waals surface area contributed by atoms with Crippen LogP contribution in [0.5, 0.6) is 0 Å². The molecule has 6 atom stereocenters. The minimum absolute atomic E-state index is 0.0528. The number of carbonyl (C=O) groups is 1. The summed E-state index contributed by atoms with van der Waals surface area (Å²) in [6.07, 6.45) is 10.6. The van der Waals surface area contributed by atoms with Gasteiger partial charge < -0.3 is 9.47 Å². The van der Waals surface area contributed by atoms with E-state index in [0.29, 0.717) is 11.8 Å². The second-order valence-corrected chi connectivity index (χ2v) is 8.93. The van der Waals surface area contributed by atoms with Gasteiger partial charge in [-0.1, -0.05) is 32.9 Å². The lowest BCUT2D eigenvalue weighted by atomic mass is 9.70. The van der Waals surface area contributed by atoms with Crippen LogP contribution in [0.1, 0.15) is 52.9 Å². The molecule has 4 aliphatic rings. The lowest BCUT2D eigenvalue weighted by Gasteiger charge is -2.42. The van der Waals surface area contributed by atoms with Crippen molar-refractivity contribution < 1.29 is 14.3 Å². The first-order valence-corrected chi connectivity index (χ1v) is 8.87. The number of hydrogen-bond acceptors (Lipinski definition) is 3. The Balaban J connectivity index is 1.32. The molecule has 4 aliphatic carbocycles. The van der Waals surface area contributed by atoms with E-state index in [2.05, 4.69) is 32.9 Å². The van der Waals surface area contributed by atoms with Gasteiger partial charge in [-0.25, -0.2) is 0 Å². The summed E-state index contributed by atoms with van der Waals surface area (Å²) >= 11 is 0. The number of fused-ring (bicyclic) bond motifs is 4. The van der Waals surface area contributed by atoms with Crippen molar-refractivity contribution in [2.75, 3.05) is 6.79 Å². The van der Waals surface area contributed by atoms with Gasteiger partial charge in [-0.15, -0.1) is 0 Å². The molecule has 0 aliphatic heterocycles. The quantitative estimate of drug-likeness (QED) is 0.448. The minimum Gasteiger partial charge on any atom is -0.438 e. The molecule has 0 aromatic carbocycles. The molecule has 0 spiro atoms. The van der Waals surface area contributed by atoms with Gasteiger partial charge in [0.15, 0.2) is 6.79 Å². The molecule has 0 aromatic heterocycles. The summed E-state index contributed by atoms with van der Waals surface area (Å²) < 4.78 is 11.6. The highest BCUT2D eigenvalue weighted by Gasteiger charge is 2.60. The van der Waals surface area contributed by atoms with Gasteiger partial charge >= 0.3 is 5.97 Å². The third-order valence-corrected chi connectivity index (χ3v) is 7.16. The summed E-state index contributed by atoms with van der Waals surface area (Å²) in [5.41, 5.74) is 0.476. The van der Waals surface area contributed by atoms with Crippen LogP contribution < -0.4 is 0 Å². The van der Waals surface area contributed by atoms with E-state index < -0.39 is 0 Å². The Kier molecular flexibility index (Phi) is 3.24. The molecule has 0 N–H and O–H groups in total. The van der Waals surface area contributed by atoms with Crippen LogP contribution in [0, 0.1) is 34.5 Å². The summed E-state index contributed by atoms with van der Waals surface area (Å²) in [6, 6.07) is 0. The van der Waals surface area contributed by atoms with Crippen LogP contribution in [0.2, 0.25) is 0 Å². The van der Waals surface area contributed by atoms with E-state index in [0.717, 1.165) is 18.8 Å². The molecule has 0 saturated heterocycles. The summed E-state index contributed by atoms with van der Waals surface area (Å²) in [5, 5.41) is 0. The Bertz CT molecular complexity index is 504. The van der Waals surface area contributed by atoms with Gasteiger partial charge in [-0.2, -0.15) is 0 Å². The molecular weight excluding hydrogens is 276 g/mol. The lowest BCUT2D eigenvalue weighted by Crippen LogP contribution is -2.43. The van der Waals surface area contributed by atoms with Crippen molar-refractivity contribution >= 4 is 5.97 Å². The third kappa shape index (κ3) is 2.08. The maximum Gasteiger partial charge on any atom is 0.311 e. The van der Waals surface area contributed by atoms with Gasteiger partial charge in [0.1, 0.15) is 0 Å². The standard InChI is InChI=1S/C19H28O3/c1-18(2)14-6-7-19(3,10-14)17(18)22-11-21-16(20)15-9-12-4-5-13(15)8-12/h4-5,12-15,17H,6-11H2,1-3H3. The predicted molar refractivity (Wildman–Crippen MR) is 83.9 cm³/mol. The first-order chi connectivity index (χ1) is 10.4.